The summed E-state index contributed by atoms with van der Waals surface area (Å²) in [6.45, 7) is 14.3. The van der Waals surface area contributed by atoms with E-state index in [1.54, 1.807) is 10.4 Å². The molecule has 0 N–H and O–H groups in total. The molecule has 2 heterocycles. The summed E-state index contributed by atoms with van der Waals surface area (Å²) in [5, 5.41) is 3.20. The van der Waals surface area contributed by atoms with E-state index in [1.165, 1.54) is 22.4 Å². The molecule has 0 aliphatic carbocycles. The zero-order chi connectivity index (χ0) is 18.9. The molecule has 0 aromatic heterocycles. The van der Waals surface area contributed by atoms with Crippen molar-refractivity contribution in [3.05, 3.63) is 65.5 Å². The third kappa shape index (κ3) is 2.23. The van der Waals surface area contributed by atoms with Gasteiger partial charge < -0.3 is 9.80 Å². The molecule has 2 nitrogen and oxygen atoms in total. The summed E-state index contributed by atoms with van der Waals surface area (Å²) in [6, 6.07) is 14.1. The van der Waals surface area contributed by atoms with Gasteiger partial charge in [-0.2, -0.15) is 0 Å². The van der Waals surface area contributed by atoms with Gasteiger partial charge in [-0.3, -0.25) is 0 Å². The van der Waals surface area contributed by atoms with E-state index in [0.29, 0.717) is 6.17 Å². The molecule has 2 aromatic carbocycles. The van der Waals surface area contributed by atoms with Gasteiger partial charge in [-0.05, 0) is 36.6 Å². The molecule has 0 saturated carbocycles. The van der Waals surface area contributed by atoms with E-state index in [1.807, 2.05) is 0 Å². The summed E-state index contributed by atoms with van der Waals surface area (Å²) < 4.78 is 0. The van der Waals surface area contributed by atoms with Gasteiger partial charge in [0.1, 0.15) is 14.2 Å². The van der Waals surface area contributed by atoms with Crippen LogP contribution in [0.3, 0.4) is 0 Å². The molecule has 0 unspecified atom stereocenters. The first-order valence-corrected chi connectivity index (χ1v) is 12.6. The van der Waals surface area contributed by atoms with Crippen LogP contribution in [-0.4, -0.2) is 26.2 Å². The average molecular weight is 363 g/mol. The highest BCUT2D eigenvalue weighted by Gasteiger charge is 2.43. The van der Waals surface area contributed by atoms with Crippen molar-refractivity contribution in [3.63, 3.8) is 0 Å². The van der Waals surface area contributed by atoms with Crippen LogP contribution in [-0.2, 0) is 5.41 Å². The van der Waals surface area contributed by atoms with Gasteiger partial charge in [-0.1, -0.05) is 67.6 Å². The lowest BCUT2D eigenvalue weighted by molar-refractivity contribution is 0.383. The van der Waals surface area contributed by atoms with Gasteiger partial charge in [0, 0.05) is 30.5 Å². The average Bonchev–Trinajstić information content (AvgIpc) is 2.93. The molecule has 0 bridgehead atoms. The molecular formula is C23H30N2Si. The molecule has 2 aromatic rings. The quantitative estimate of drug-likeness (QED) is 0.707. The summed E-state index contributed by atoms with van der Waals surface area (Å²) in [7, 11) is 0.452. The van der Waals surface area contributed by atoms with Gasteiger partial charge >= 0.3 is 0 Å². The first-order valence-electron chi connectivity index (χ1n) is 9.60. The smallest absolute Gasteiger partial charge is 0.113 e. The number of anilines is 1. The predicted molar refractivity (Wildman–Crippen MR) is 115 cm³/mol. The maximum absolute atomic E-state index is 2.51. The summed E-state index contributed by atoms with van der Waals surface area (Å²) in [5.41, 5.74) is 5.79. The normalized spacial score (nSPS) is 22.3. The van der Waals surface area contributed by atoms with Gasteiger partial charge in [-0.25, -0.2) is 0 Å². The molecule has 2 aliphatic rings. The maximum atomic E-state index is 2.51. The van der Waals surface area contributed by atoms with Crippen LogP contribution >= 0.6 is 0 Å². The summed E-state index contributed by atoms with van der Waals surface area (Å²) in [6.07, 6.45) is 4.74. The lowest BCUT2D eigenvalue weighted by Crippen LogP contribution is -2.62. The molecule has 0 radical (unpaired) electrons. The Bertz CT molecular complexity index is 910. The van der Waals surface area contributed by atoms with Crippen molar-refractivity contribution in [2.45, 2.75) is 52.4 Å². The molecule has 0 fully saturated rings. The fourth-order valence-corrected chi connectivity index (χ4v) is 8.28. The Hall–Kier alpha value is -2.00. The number of aryl methyl sites for hydroxylation is 1. The maximum Gasteiger partial charge on any atom is 0.113 e. The van der Waals surface area contributed by atoms with E-state index in [0.717, 1.165) is 0 Å². The predicted octanol–water partition coefficient (Wildman–Crippen LogP) is 4.03. The van der Waals surface area contributed by atoms with E-state index in [2.05, 4.69) is 106 Å². The molecule has 3 heteroatoms. The highest BCUT2D eigenvalue weighted by Crippen LogP contribution is 2.39. The molecule has 2 aliphatic heterocycles. The van der Waals surface area contributed by atoms with Crippen molar-refractivity contribution >= 4 is 24.1 Å². The standard InChI is InChI=1S/C23H30N2Si/c1-16-14-22-19(15-20(16)25-13-12-24(5)17(25)2)23(3,4)18-10-8-9-11-21(18)26(22,6)7/h8-15,17H,1-7H3/t17-/m0/s1. The number of fused-ring (bicyclic) bond motifs is 2. The van der Waals surface area contributed by atoms with Gasteiger partial charge in [0.2, 0.25) is 0 Å². The number of hydrogen-bond donors (Lipinski definition) is 0. The first kappa shape index (κ1) is 17.4. The highest BCUT2D eigenvalue weighted by molar-refractivity contribution is 7.01. The molecule has 4 rings (SSSR count). The number of benzene rings is 2. The second-order valence-electron chi connectivity index (χ2n) is 8.98. The van der Waals surface area contributed by atoms with E-state index < -0.39 is 8.07 Å². The second kappa shape index (κ2) is 5.50. The van der Waals surface area contributed by atoms with Crippen molar-refractivity contribution in [2.75, 3.05) is 11.9 Å². The highest BCUT2D eigenvalue weighted by atomic mass is 28.3. The number of nitrogens with zero attached hydrogens (tertiary/aromatic N) is 2. The fourth-order valence-electron chi connectivity index (χ4n) is 4.78. The lowest BCUT2D eigenvalue weighted by Gasteiger charge is -2.44. The molecule has 1 atom stereocenters. The SMILES string of the molecule is Cc1cc2c(cc1N1C=CN(C)[C@@H]1C)C(C)(C)c1ccccc1[Si]2(C)C. The molecule has 0 spiro atoms. The second-order valence-corrected chi connectivity index (χ2v) is 13.3. The summed E-state index contributed by atoms with van der Waals surface area (Å²) in [4.78, 5) is 4.67. The van der Waals surface area contributed by atoms with Crippen molar-refractivity contribution in [3.8, 4) is 0 Å². The summed E-state index contributed by atoms with van der Waals surface area (Å²) in [5.74, 6) is 0. The molecule has 26 heavy (non-hydrogen) atoms. The number of hydrogen-bond acceptors (Lipinski definition) is 2. The fraction of sp³-hybridized carbons (Fsp3) is 0.391. The van der Waals surface area contributed by atoms with Crippen LogP contribution in [0.4, 0.5) is 5.69 Å². The van der Waals surface area contributed by atoms with Crippen molar-refractivity contribution < 1.29 is 0 Å². The van der Waals surface area contributed by atoms with Crippen LogP contribution in [0.5, 0.6) is 0 Å². The lowest BCUT2D eigenvalue weighted by atomic mass is 9.77. The van der Waals surface area contributed by atoms with Crippen LogP contribution in [0.25, 0.3) is 0 Å². The Labute approximate surface area is 159 Å². The monoisotopic (exact) mass is 362 g/mol. The van der Waals surface area contributed by atoms with E-state index in [9.17, 15) is 0 Å². The van der Waals surface area contributed by atoms with Crippen molar-refractivity contribution in [1.29, 1.82) is 0 Å². The van der Waals surface area contributed by atoms with Crippen LogP contribution < -0.4 is 15.3 Å². The third-order valence-electron chi connectivity index (χ3n) is 6.69. The third-order valence-corrected chi connectivity index (χ3v) is 10.2. The van der Waals surface area contributed by atoms with E-state index in [4.69, 9.17) is 0 Å². The van der Waals surface area contributed by atoms with Gasteiger partial charge in [0.25, 0.3) is 0 Å². The van der Waals surface area contributed by atoms with E-state index >= 15 is 0 Å². The Morgan fingerprint density at radius 3 is 2.31 bits per heavy atom. The van der Waals surface area contributed by atoms with Crippen LogP contribution in [0, 0.1) is 6.92 Å². The zero-order valence-electron chi connectivity index (χ0n) is 17.1. The van der Waals surface area contributed by atoms with Crippen LogP contribution in [0.1, 0.15) is 37.5 Å². The molecule has 0 saturated heterocycles. The molecule has 136 valence electrons. The largest absolute Gasteiger partial charge is 0.359 e. The minimum Gasteiger partial charge on any atom is -0.359 e. The Balaban J connectivity index is 1.95. The van der Waals surface area contributed by atoms with Gasteiger partial charge in [0.05, 0.1) is 0 Å². The van der Waals surface area contributed by atoms with Crippen LogP contribution in [0.2, 0.25) is 13.1 Å². The first-order chi connectivity index (χ1) is 12.2. The Kier molecular flexibility index (Phi) is 3.68. The zero-order valence-corrected chi connectivity index (χ0v) is 18.1. The van der Waals surface area contributed by atoms with Gasteiger partial charge in [-0.15, -0.1) is 0 Å². The Morgan fingerprint density at radius 1 is 0.962 bits per heavy atom. The number of rotatable bonds is 1. The minimum absolute atomic E-state index is 0.0372. The summed E-state index contributed by atoms with van der Waals surface area (Å²) >= 11 is 0. The molecular weight excluding hydrogens is 332 g/mol. The van der Waals surface area contributed by atoms with Crippen LogP contribution in [0.15, 0.2) is 48.8 Å². The topological polar surface area (TPSA) is 6.48 Å². The van der Waals surface area contributed by atoms with Crippen molar-refractivity contribution in [1.82, 2.24) is 4.90 Å². The Morgan fingerprint density at radius 2 is 1.65 bits per heavy atom. The van der Waals surface area contributed by atoms with Crippen molar-refractivity contribution in [2.24, 2.45) is 0 Å². The molecule has 0 amide bonds. The van der Waals surface area contributed by atoms with Gasteiger partial charge in [0.15, 0.2) is 0 Å². The minimum atomic E-state index is -1.69. The van der Waals surface area contributed by atoms with E-state index in [-0.39, 0.29) is 5.41 Å².